The number of thiazole rings is 1. The monoisotopic (exact) mass is 388 g/mol. The zero-order chi connectivity index (χ0) is 19.4. The van der Waals surface area contributed by atoms with Crippen LogP contribution in [0.2, 0.25) is 0 Å². The first-order valence-electron chi connectivity index (χ1n) is 7.86. The Bertz CT molecular complexity index is 1010. The van der Waals surface area contributed by atoms with Crippen LogP contribution in [-0.4, -0.2) is 48.1 Å². The van der Waals surface area contributed by atoms with E-state index in [0.29, 0.717) is 5.56 Å². The number of carbonyl (C=O) groups is 3. The molecule has 0 amide bonds. The van der Waals surface area contributed by atoms with Crippen LogP contribution in [0, 0.1) is 0 Å². The van der Waals surface area contributed by atoms with Crippen molar-refractivity contribution in [3.8, 4) is 0 Å². The van der Waals surface area contributed by atoms with Gasteiger partial charge in [-0.2, -0.15) is 0 Å². The summed E-state index contributed by atoms with van der Waals surface area (Å²) in [5, 5.41) is 2.39. The minimum atomic E-state index is -0.594. The van der Waals surface area contributed by atoms with Gasteiger partial charge >= 0.3 is 11.9 Å². The van der Waals surface area contributed by atoms with Crippen LogP contribution in [0.1, 0.15) is 25.9 Å². The molecule has 8 nitrogen and oxygen atoms in total. The van der Waals surface area contributed by atoms with Gasteiger partial charge in [0.15, 0.2) is 10.7 Å². The van der Waals surface area contributed by atoms with Crippen molar-refractivity contribution in [2.45, 2.75) is 6.73 Å². The normalized spacial score (nSPS) is 10.7. The predicted octanol–water partition coefficient (Wildman–Crippen LogP) is 2.26. The largest absolute Gasteiger partial charge is 0.467 e. The average molecular weight is 388 g/mol. The molecule has 0 aliphatic rings. The van der Waals surface area contributed by atoms with Crippen molar-refractivity contribution in [1.29, 1.82) is 0 Å². The zero-order valence-corrected chi connectivity index (χ0v) is 15.4. The first-order chi connectivity index (χ1) is 13.0. The highest BCUT2D eigenvalue weighted by Crippen LogP contribution is 2.25. The molecule has 2 heterocycles. The summed E-state index contributed by atoms with van der Waals surface area (Å²) in [6, 6.07) is 7.32. The lowest BCUT2D eigenvalue weighted by Crippen LogP contribution is -2.12. The van der Waals surface area contributed by atoms with Gasteiger partial charge in [-0.3, -0.25) is 4.79 Å². The molecule has 0 spiro atoms. The molecule has 0 unspecified atom stereocenters. The van der Waals surface area contributed by atoms with Gasteiger partial charge in [-0.25, -0.2) is 14.6 Å². The van der Waals surface area contributed by atoms with Gasteiger partial charge in [0.25, 0.3) is 0 Å². The number of esters is 2. The van der Waals surface area contributed by atoms with E-state index in [2.05, 4.69) is 14.5 Å². The minimum Gasteiger partial charge on any atom is -0.467 e. The molecule has 0 radical (unpaired) electrons. The van der Waals surface area contributed by atoms with Gasteiger partial charge in [0.1, 0.15) is 13.3 Å². The van der Waals surface area contributed by atoms with E-state index in [9.17, 15) is 14.4 Å². The van der Waals surface area contributed by atoms with E-state index in [-0.39, 0.29) is 29.8 Å². The number of fused-ring (bicyclic) bond motifs is 1. The summed E-state index contributed by atoms with van der Waals surface area (Å²) in [6.07, 6.45) is 1.64. The SMILES string of the molecule is COC(=O)COCn1cc(C(=O)c2nc(C(=O)OC)cs2)c2ccccc21. The van der Waals surface area contributed by atoms with Crippen molar-refractivity contribution in [2.24, 2.45) is 0 Å². The van der Waals surface area contributed by atoms with Crippen LogP contribution in [-0.2, 0) is 25.7 Å². The molecule has 0 saturated heterocycles. The molecular formula is C18H16N2O6S. The number of benzene rings is 1. The highest BCUT2D eigenvalue weighted by molar-refractivity contribution is 7.12. The number of ketones is 1. The maximum absolute atomic E-state index is 12.9. The van der Waals surface area contributed by atoms with Gasteiger partial charge < -0.3 is 18.8 Å². The Morgan fingerprint density at radius 1 is 1.15 bits per heavy atom. The molecule has 0 saturated carbocycles. The number of ether oxygens (including phenoxy) is 3. The molecule has 0 aliphatic carbocycles. The van der Waals surface area contributed by atoms with E-state index < -0.39 is 11.9 Å². The topological polar surface area (TPSA) is 96.7 Å². The Hall–Kier alpha value is -3.04. The third-order valence-electron chi connectivity index (χ3n) is 3.80. The van der Waals surface area contributed by atoms with Crippen LogP contribution in [0.5, 0.6) is 0 Å². The summed E-state index contributed by atoms with van der Waals surface area (Å²) in [5.41, 5.74) is 1.30. The van der Waals surface area contributed by atoms with E-state index >= 15 is 0 Å². The second-order valence-electron chi connectivity index (χ2n) is 5.44. The lowest BCUT2D eigenvalue weighted by molar-refractivity contribution is -0.147. The number of carbonyl (C=O) groups excluding carboxylic acids is 3. The highest BCUT2D eigenvalue weighted by atomic mass is 32.1. The number of hydrogen-bond acceptors (Lipinski definition) is 8. The van der Waals surface area contributed by atoms with Gasteiger partial charge in [-0.15, -0.1) is 11.3 Å². The number of para-hydroxylation sites is 1. The molecule has 3 rings (SSSR count). The lowest BCUT2D eigenvalue weighted by atomic mass is 10.1. The van der Waals surface area contributed by atoms with Gasteiger partial charge in [0, 0.05) is 17.0 Å². The number of methoxy groups -OCH3 is 2. The lowest BCUT2D eigenvalue weighted by Gasteiger charge is -2.05. The molecule has 9 heteroatoms. The van der Waals surface area contributed by atoms with Crippen molar-refractivity contribution in [2.75, 3.05) is 20.8 Å². The van der Waals surface area contributed by atoms with Gasteiger partial charge in [-0.05, 0) is 6.07 Å². The summed E-state index contributed by atoms with van der Waals surface area (Å²) in [4.78, 5) is 39.7. The quantitative estimate of drug-likeness (QED) is 0.452. The van der Waals surface area contributed by atoms with Crippen LogP contribution in [0.25, 0.3) is 10.9 Å². The molecular weight excluding hydrogens is 372 g/mol. The molecule has 140 valence electrons. The van der Waals surface area contributed by atoms with Crippen molar-refractivity contribution >= 4 is 40.0 Å². The Morgan fingerprint density at radius 2 is 1.93 bits per heavy atom. The Morgan fingerprint density at radius 3 is 2.67 bits per heavy atom. The third-order valence-corrected chi connectivity index (χ3v) is 4.65. The zero-order valence-electron chi connectivity index (χ0n) is 14.6. The van der Waals surface area contributed by atoms with Crippen molar-refractivity contribution in [3.05, 3.63) is 52.1 Å². The highest BCUT2D eigenvalue weighted by Gasteiger charge is 2.21. The van der Waals surface area contributed by atoms with E-state index in [0.717, 1.165) is 22.2 Å². The van der Waals surface area contributed by atoms with E-state index in [4.69, 9.17) is 4.74 Å². The number of hydrogen-bond donors (Lipinski definition) is 0. The van der Waals surface area contributed by atoms with Crippen LogP contribution in [0.4, 0.5) is 0 Å². The summed E-state index contributed by atoms with van der Waals surface area (Å²) in [6.45, 7) is -0.116. The second kappa shape index (κ2) is 8.11. The third kappa shape index (κ3) is 3.88. The molecule has 0 atom stereocenters. The fourth-order valence-corrected chi connectivity index (χ4v) is 3.25. The smallest absolute Gasteiger partial charge is 0.357 e. The number of rotatable bonds is 7. The summed E-state index contributed by atoms with van der Waals surface area (Å²) in [7, 11) is 2.54. The van der Waals surface area contributed by atoms with Crippen LogP contribution in [0.3, 0.4) is 0 Å². The predicted molar refractivity (Wildman–Crippen MR) is 96.8 cm³/mol. The standard InChI is InChI=1S/C18H16N2O6S/c1-24-15(21)8-26-10-20-7-12(11-5-3-4-6-14(11)20)16(22)17-19-13(9-27-17)18(23)25-2/h3-7,9H,8,10H2,1-2H3. The fourth-order valence-electron chi connectivity index (χ4n) is 2.51. The molecule has 3 aromatic rings. The maximum atomic E-state index is 12.9. The fraction of sp³-hybridized carbons (Fsp3) is 0.222. The average Bonchev–Trinajstić information content (AvgIpc) is 3.32. The first kappa shape index (κ1) is 18.7. The van der Waals surface area contributed by atoms with Crippen LogP contribution in [0.15, 0.2) is 35.8 Å². The molecule has 0 bridgehead atoms. The van der Waals surface area contributed by atoms with Crippen molar-refractivity contribution in [1.82, 2.24) is 9.55 Å². The summed E-state index contributed by atoms with van der Waals surface area (Å²) in [5.74, 6) is -1.39. The van der Waals surface area contributed by atoms with E-state index in [1.54, 1.807) is 10.8 Å². The minimum absolute atomic E-state index is 0.0776. The van der Waals surface area contributed by atoms with E-state index in [1.165, 1.54) is 19.6 Å². The molecule has 0 aliphatic heterocycles. The Balaban J connectivity index is 1.90. The maximum Gasteiger partial charge on any atom is 0.357 e. The van der Waals surface area contributed by atoms with Gasteiger partial charge in [0.05, 0.1) is 25.3 Å². The first-order valence-corrected chi connectivity index (χ1v) is 8.74. The molecule has 2 aromatic heterocycles. The Kier molecular flexibility index (Phi) is 5.63. The molecule has 27 heavy (non-hydrogen) atoms. The number of aromatic nitrogens is 2. The van der Waals surface area contributed by atoms with Crippen molar-refractivity contribution in [3.63, 3.8) is 0 Å². The van der Waals surface area contributed by atoms with Crippen LogP contribution < -0.4 is 0 Å². The van der Waals surface area contributed by atoms with E-state index in [1.807, 2.05) is 24.3 Å². The number of nitrogens with zero attached hydrogens (tertiary/aromatic N) is 2. The second-order valence-corrected chi connectivity index (χ2v) is 6.30. The van der Waals surface area contributed by atoms with Crippen LogP contribution >= 0.6 is 11.3 Å². The molecule has 0 fully saturated rings. The summed E-state index contributed by atoms with van der Waals surface area (Å²) >= 11 is 1.08. The van der Waals surface area contributed by atoms with Gasteiger partial charge in [0.2, 0.25) is 5.78 Å². The molecule has 1 aromatic carbocycles. The Labute approximate surface area is 158 Å². The van der Waals surface area contributed by atoms with Crippen molar-refractivity contribution < 1.29 is 28.6 Å². The summed E-state index contributed by atoms with van der Waals surface area (Å²) < 4.78 is 16.2. The molecule has 0 N–H and O–H groups in total. The van der Waals surface area contributed by atoms with Gasteiger partial charge in [-0.1, -0.05) is 18.2 Å².